The maximum atomic E-state index is 12.0. The first-order valence-corrected chi connectivity index (χ1v) is 11.8. The highest BCUT2D eigenvalue weighted by atomic mass is 35.5. The molecule has 2 heterocycles. The minimum Gasteiger partial charge on any atom is -0.414 e. The molecule has 3 N–H and O–H groups in total. The summed E-state index contributed by atoms with van der Waals surface area (Å²) in [6, 6.07) is 1.16. The van der Waals surface area contributed by atoms with Crippen LogP contribution in [0.4, 0.5) is 0 Å². The zero-order valence-electron chi connectivity index (χ0n) is 15.4. The molecule has 2 fully saturated rings. The van der Waals surface area contributed by atoms with E-state index in [0.29, 0.717) is 0 Å². The number of nitrogens with one attached hydrogen (secondary N) is 1. The predicted molar refractivity (Wildman–Crippen MR) is 97.9 cm³/mol. The van der Waals surface area contributed by atoms with Gasteiger partial charge in [0.25, 0.3) is 5.56 Å². The molecule has 0 aromatic carbocycles. The molecule has 10 heteroatoms. The maximum absolute atomic E-state index is 12.0. The van der Waals surface area contributed by atoms with E-state index < -0.39 is 48.5 Å². The van der Waals surface area contributed by atoms with Crippen LogP contribution >= 0.6 is 11.6 Å². The van der Waals surface area contributed by atoms with E-state index >= 15 is 0 Å². The quantitative estimate of drug-likeness (QED) is 0.498. The summed E-state index contributed by atoms with van der Waals surface area (Å²) in [5.74, 6) is 0. The van der Waals surface area contributed by atoms with Gasteiger partial charge in [0.05, 0.1) is 6.61 Å². The van der Waals surface area contributed by atoms with Crippen molar-refractivity contribution in [2.45, 2.75) is 67.8 Å². The average Bonchev–Trinajstić information content (AvgIpc) is 2.86. The number of halogens is 1. The van der Waals surface area contributed by atoms with Gasteiger partial charge in [-0.1, -0.05) is 20.8 Å². The average molecular weight is 405 g/mol. The SMILES string of the molecule is CC(C)(C)[Si](C)(C)OC[C@]12O[C@@H](n3ccc(=O)[nH]c3=O)[C@H](Cl)[C@@]1(O)C2O. The number of nitrogens with zero attached hydrogens (tertiary/aromatic N) is 1. The molecule has 0 bridgehead atoms. The highest BCUT2D eigenvalue weighted by molar-refractivity contribution is 6.74. The van der Waals surface area contributed by atoms with Crippen molar-refractivity contribution >= 4 is 19.9 Å². The highest BCUT2D eigenvalue weighted by Gasteiger charge is 2.87. The number of aromatic nitrogens is 2. The number of aliphatic hydroxyl groups is 2. The fourth-order valence-corrected chi connectivity index (χ4v) is 4.57. The lowest BCUT2D eigenvalue weighted by atomic mass is 10.1. The van der Waals surface area contributed by atoms with E-state index in [0.717, 1.165) is 10.6 Å². The second-order valence-corrected chi connectivity index (χ2v) is 13.9. The van der Waals surface area contributed by atoms with Gasteiger partial charge in [-0.15, -0.1) is 11.6 Å². The van der Waals surface area contributed by atoms with Crippen molar-refractivity contribution in [3.05, 3.63) is 33.1 Å². The van der Waals surface area contributed by atoms with Gasteiger partial charge in [-0.05, 0) is 18.1 Å². The number of rotatable bonds is 4. The lowest BCUT2D eigenvalue weighted by Crippen LogP contribution is -2.44. The molecular weight excluding hydrogens is 380 g/mol. The van der Waals surface area contributed by atoms with Gasteiger partial charge in [0.2, 0.25) is 0 Å². The third-order valence-electron chi connectivity index (χ3n) is 6.03. The molecule has 5 atom stereocenters. The Balaban J connectivity index is 1.87. The second kappa shape index (κ2) is 5.76. The summed E-state index contributed by atoms with van der Waals surface area (Å²) in [6.45, 7) is 10.3. The normalized spacial score (nSPS) is 36.8. The summed E-state index contributed by atoms with van der Waals surface area (Å²) >= 11 is 6.35. The Morgan fingerprint density at radius 2 is 2.04 bits per heavy atom. The second-order valence-electron chi connectivity index (χ2n) is 8.59. The molecule has 0 radical (unpaired) electrons. The van der Waals surface area contributed by atoms with Crippen molar-refractivity contribution in [1.29, 1.82) is 0 Å². The van der Waals surface area contributed by atoms with Crippen LogP contribution in [0.25, 0.3) is 0 Å². The van der Waals surface area contributed by atoms with Crippen molar-refractivity contribution in [1.82, 2.24) is 9.55 Å². The lowest BCUT2D eigenvalue weighted by molar-refractivity contribution is -0.0855. The molecule has 1 aromatic heterocycles. The van der Waals surface area contributed by atoms with Gasteiger partial charge in [0.1, 0.15) is 17.1 Å². The van der Waals surface area contributed by atoms with E-state index in [2.05, 4.69) is 38.8 Å². The monoisotopic (exact) mass is 404 g/mol. The molecule has 2 aliphatic rings. The number of aliphatic hydroxyl groups excluding tert-OH is 1. The summed E-state index contributed by atoms with van der Waals surface area (Å²) in [6.07, 6.45) is -0.987. The van der Waals surface area contributed by atoms with Gasteiger partial charge in [0, 0.05) is 12.3 Å². The Hall–Kier alpha value is -0.973. The van der Waals surface area contributed by atoms with Gasteiger partial charge in [-0.2, -0.15) is 0 Å². The first kappa shape index (κ1) is 19.8. The third kappa shape index (κ3) is 2.56. The molecule has 3 rings (SSSR count). The van der Waals surface area contributed by atoms with Crippen LogP contribution in [0.15, 0.2) is 21.9 Å². The Morgan fingerprint density at radius 3 is 2.58 bits per heavy atom. The third-order valence-corrected chi connectivity index (χ3v) is 11.1. The van der Waals surface area contributed by atoms with Crippen molar-refractivity contribution in [3.63, 3.8) is 0 Å². The van der Waals surface area contributed by atoms with Gasteiger partial charge in [0.15, 0.2) is 20.1 Å². The first-order valence-electron chi connectivity index (χ1n) is 8.46. The van der Waals surface area contributed by atoms with Gasteiger partial charge < -0.3 is 19.4 Å². The molecule has 0 amide bonds. The van der Waals surface area contributed by atoms with Crippen molar-refractivity contribution in [2.75, 3.05) is 6.61 Å². The van der Waals surface area contributed by atoms with E-state index in [1.165, 1.54) is 6.20 Å². The van der Waals surface area contributed by atoms with E-state index in [4.69, 9.17) is 20.8 Å². The largest absolute Gasteiger partial charge is 0.414 e. The van der Waals surface area contributed by atoms with Crippen molar-refractivity contribution in [3.8, 4) is 0 Å². The Morgan fingerprint density at radius 1 is 1.42 bits per heavy atom. The van der Waals surface area contributed by atoms with E-state index in [1.54, 1.807) is 0 Å². The van der Waals surface area contributed by atoms with Gasteiger partial charge in [-0.25, -0.2) is 4.79 Å². The summed E-state index contributed by atoms with van der Waals surface area (Å²) in [5.41, 5.74) is -4.37. The van der Waals surface area contributed by atoms with E-state index in [1.807, 2.05) is 0 Å². The summed E-state index contributed by atoms with van der Waals surface area (Å²) in [4.78, 5) is 25.4. The van der Waals surface area contributed by atoms with Crippen LogP contribution in [-0.4, -0.2) is 57.4 Å². The predicted octanol–water partition coefficient (Wildman–Crippen LogP) is 0.539. The number of hydrogen-bond donors (Lipinski definition) is 3. The summed E-state index contributed by atoms with van der Waals surface area (Å²) < 4.78 is 13.1. The molecular formula is C16H25ClN2O6Si. The summed E-state index contributed by atoms with van der Waals surface area (Å²) in [5, 5.41) is 20.1. The number of alkyl halides is 1. The van der Waals surface area contributed by atoms with Crippen molar-refractivity contribution < 1.29 is 19.4 Å². The number of H-pyrrole nitrogens is 1. The molecule has 1 unspecified atom stereocenters. The minimum absolute atomic E-state index is 0.0288. The smallest absolute Gasteiger partial charge is 0.330 e. The van der Waals surface area contributed by atoms with Gasteiger partial charge >= 0.3 is 5.69 Å². The molecule has 26 heavy (non-hydrogen) atoms. The van der Waals surface area contributed by atoms with Crippen molar-refractivity contribution in [2.24, 2.45) is 0 Å². The highest BCUT2D eigenvalue weighted by Crippen LogP contribution is 2.64. The zero-order chi connectivity index (χ0) is 19.7. The molecule has 1 aromatic rings. The van der Waals surface area contributed by atoms with Crippen LogP contribution in [-0.2, 0) is 9.16 Å². The Bertz CT molecular complexity index is 833. The number of ether oxygens (including phenoxy) is 1. The molecule has 1 aliphatic carbocycles. The number of hydrogen-bond acceptors (Lipinski definition) is 6. The van der Waals surface area contributed by atoms with Crippen LogP contribution in [0.3, 0.4) is 0 Å². The maximum Gasteiger partial charge on any atom is 0.330 e. The summed E-state index contributed by atoms with van der Waals surface area (Å²) in [7, 11) is -2.16. The molecule has 0 spiro atoms. The standard InChI is InChI=1S/C16H25ClN2O6Si/c1-14(2,3)26(4,5)24-8-15-12(21)16(15,23)10(17)11(25-15)19-7-6-9(20)18-13(19)22/h6-7,10-12,21,23H,8H2,1-5H3,(H,18,20,22)/t10-,11+,12?,15+,16+/m0/s1. The lowest BCUT2D eigenvalue weighted by Gasteiger charge is -2.37. The Kier molecular flexibility index (Phi) is 4.38. The van der Waals surface area contributed by atoms with Crippen LogP contribution in [0.2, 0.25) is 18.1 Å². The van der Waals surface area contributed by atoms with E-state index in [-0.39, 0.29) is 11.6 Å². The molecule has 1 saturated carbocycles. The number of aromatic amines is 1. The zero-order valence-corrected chi connectivity index (χ0v) is 17.2. The van der Waals surface area contributed by atoms with Crippen LogP contribution in [0, 0.1) is 0 Å². The molecule has 1 saturated heterocycles. The molecule has 8 nitrogen and oxygen atoms in total. The Labute approximate surface area is 156 Å². The van der Waals surface area contributed by atoms with Crippen LogP contribution < -0.4 is 11.2 Å². The molecule has 1 aliphatic heterocycles. The van der Waals surface area contributed by atoms with Gasteiger partial charge in [-0.3, -0.25) is 14.3 Å². The topological polar surface area (TPSA) is 114 Å². The first-order chi connectivity index (χ1) is 11.8. The number of fused-ring (bicyclic) bond motifs is 1. The van der Waals surface area contributed by atoms with Crippen LogP contribution in [0.5, 0.6) is 0 Å². The fraction of sp³-hybridized carbons (Fsp3) is 0.750. The fourth-order valence-electron chi connectivity index (χ4n) is 3.09. The van der Waals surface area contributed by atoms with Crippen LogP contribution in [0.1, 0.15) is 27.0 Å². The van der Waals surface area contributed by atoms with E-state index in [9.17, 15) is 19.8 Å². The molecule has 146 valence electrons. The minimum atomic E-state index is -2.16.